The molecule has 0 spiro atoms. The van der Waals surface area contributed by atoms with Gasteiger partial charge >= 0.3 is 6.09 Å². The number of ketones is 1. The van der Waals surface area contributed by atoms with Crippen molar-refractivity contribution in [2.75, 3.05) is 33.4 Å². The van der Waals surface area contributed by atoms with Crippen molar-refractivity contribution in [1.29, 1.82) is 0 Å². The molecular formula is C24H22N2O6. The molecule has 2 aromatic carbocycles. The molecule has 0 unspecified atom stereocenters. The Labute approximate surface area is 184 Å². The number of hydrogen-bond donors (Lipinski definition) is 0. The van der Waals surface area contributed by atoms with E-state index >= 15 is 0 Å². The van der Waals surface area contributed by atoms with Crippen LogP contribution in [0, 0.1) is 0 Å². The second-order valence-electron chi connectivity index (χ2n) is 7.64. The maximum Gasteiger partial charge on any atom is 0.415 e. The molecule has 3 heterocycles. The lowest BCUT2D eigenvalue weighted by molar-refractivity contribution is 0.0416. The first-order valence-corrected chi connectivity index (χ1v) is 10.3. The normalized spacial score (nSPS) is 16.9. The number of benzene rings is 2. The molecule has 32 heavy (non-hydrogen) atoms. The Morgan fingerprint density at radius 1 is 1.09 bits per heavy atom. The molecule has 8 heteroatoms. The second kappa shape index (κ2) is 8.05. The van der Waals surface area contributed by atoms with Crippen molar-refractivity contribution in [3.63, 3.8) is 0 Å². The Balaban J connectivity index is 1.40. The topological polar surface area (TPSA) is 79.2 Å². The van der Waals surface area contributed by atoms with Crippen molar-refractivity contribution < 1.29 is 28.5 Å². The van der Waals surface area contributed by atoms with E-state index in [-0.39, 0.29) is 11.5 Å². The third-order valence-corrected chi connectivity index (χ3v) is 5.63. The number of rotatable bonds is 3. The van der Waals surface area contributed by atoms with Crippen molar-refractivity contribution in [1.82, 2.24) is 9.47 Å². The van der Waals surface area contributed by atoms with Crippen LogP contribution < -0.4 is 14.2 Å². The zero-order chi connectivity index (χ0) is 22.2. The molecule has 5 rings (SSSR count). The van der Waals surface area contributed by atoms with Gasteiger partial charge in [-0.25, -0.2) is 4.79 Å². The van der Waals surface area contributed by atoms with Gasteiger partial charge in [-0.15, -0.1) is 0 Å². The summed E-state index contributed by atoms with van der Waals surface area (Å²) < 4.78 is 23.9. The number of carbonyl (C=O) groups is 2. The Morgan fingerprint density at radius 2 is 1.88 bits per heavy atom. The van der Waals surface area contributed by atoms with E-state index in [1.165, 1.54) is 0 Å². The van der Waals surface area contributed by atoms with E-state index in [1.807, 2.05) is 36.0 Å². The van der Waals surface area contributed by atoms with Crippen LogP contribution in [0.3, 0.4) is 0 Å². The van der Waals surface area contributed by atoms with Crippen LogP contribution in [0.5, 0.6) is 17.2 Å². The smallest absolute Gasteiger partial charge is 0.415 e. The van der Waals surface area contributed by atoms with E-state index in [2.05, 4.69) is 0 Å². The quantitative estimate of drug-likeness (QED) is 0.586. The highest BCUT2D eigenvalue weighted by atomic mass is 16.6. The number of nitrogens with zero attached hydrogens (tertiary/aromatic N) is 2. The lowest BCUT2D eigenvalue weighted by Crippen LogP contribution is -2.42. The third kappa shape index (κ3) is 3.58. The minimum atomic E-state index is -0.446. The summed E-state index contributed by atoms with van der Waals surface area (Å²) in [5, 5.41) is 0.951. The van der Waals surface area contributed by atoms with Crippen molar-refractivity contribution in [2.45, 2.75) is 0 Å². The van der Waals surface area contributed by atoms with Crippen LogP contribution in [0.2, 0.25) is 0 Å². The number of morpholine rings is 1. The number of hydrogen-bond acceptors (Lipinski definition) is 6. The summed E-state index contributed by atoms with van der Waals surface area (Å²) in [6.45, 7) is 1.96. The zero-order valence-corrected chi connectivity index (χ0v) is 17.8. The molecule has 1 aromatic heterocycles. The number of aromatic nitrogens is 1. The molecule has 0 radical (unpaired) electrons. The van der Waals surface area contributed by atoms with E-state index in [1.54, 1.807) is 36.3 Å². The molecule has 1 saturated heterocycles. The molecule has 164 valence electrons. The lowest BCUT2D eigenvalue weighted by atomic mass is 10.1. The fourth-order valence-electron chi connectivity index (χ4n) is 3.93. The van der Waals surface area contributed by atoms with E-state index < -0.39 is 6.09 Å². The molecule has 1 fully saturated rings. The van der Waals surface area contributed by atoms with Crippen LogP contribution in [0.25, 0.3) is 17.0 Å². The standard InChI is InChI=1S/C24H22N2O6/c1-25-14-15(19-12-16(29-2)4-6-20(19)25)11-22-23(27)18-5-3-17(13-21(18)32-22)31-24(28)26-7-9-30-10-8-26/h3-6,11-14H,7-10H2,1-2H3/b22-11+. The van der Waals surface area contributed by atoms with Gasteiger partial charge in [-0.1, -0.05) is 0 Å². The van der Waals surface area contributed by atoms with Gasteiger partial charge in [0.2, 0.25) is 5.78 Å². The molecule has 3 aromatic rings. The summed E-state index contributed by atoms with van der Waals surface area (Å²) in [6, 6.07) is 10.6. The molecular weight excluding hydrogens is 412 g/mol. The number of amides is 1. The fraction of sp³-hybridized carbons (Fsp3) is 0.250. The SMILES string of the molecule is COc1ccc2c(c1)c(/C=C1/Oc3cc(OC(=O)N4CCOCC4)ccc3C1=O)cn2C. The Morgan fingerprint density at radius 3 is 2.66 bits per heavy atom. The van der Waals surface area contributed by atoms with Crippen LogP contribution in [-0.4, -0.2) is 54.8 Å². The molecule has 0 saturated carbocycles. The highest BCUT2D eigenvalue weighted by Crippen LogP contribution is 2.36. The van der Waals surface area contributed by atoms with Gasteiger partial charge in [0.05, 0.1) is 25.9 Å². The van der Waals surface area contributed by atoms with Gasteiger partial charge in [0.25, 0.3) is 0 Å². The molecule has 0 N–H and O–H groups in total. The van der Waals surface area contributed by atoms with Crippen LogP contribution in [0.15, 0.2) is 48.4 Å². The van der Waals surface area contributed by atoms with Gasteiger partial charge in [0, 0.05) is 48.9 Å². The van der Waals surface area contributed by atoms with Crippen molar-refractivity contribution in [2.24, 2.45) is 7.05 Å². The van der Waals surface area contributed by atoms with Crippen LogP contribution in [-0.2, 0) is 11.8 Å². The largest absolute Gasteiger partial charge is 0.497 e. The van der Waals surface area contributed by atoms with E-state index in [0.717, 1.165) is 22.2 Å². The number of Topliss-reactive ketones (excluding diaryl/α,β-unsaturated/α-hetero) is 1. The van der Waals surface area contributed by atoms with E-state index in [4.69, 9.17) is 18.9 Å². The number of methoxy groups -OCH3 is 1. The minimum Gasteiger partial charge on any atom is -0.497 e. The Kier molecular flexibility index (Phi) is 5.07. The number of fused-ring (bicyclic) bond motifs is 2. The fourth-order valence-corrected chi connectivity index (χ4v) is 3.93. The first-order valence-electron chi connectivity index (χ1n) is 10.3. The second-order valence-corrected chi connectivity index (χ2v) is 7.64. The first-order chi connectivity index (χ1) is 15.5. The minimum absolute atomic E-state index is 0.215. The number of allylic oxidation sites excluding steroid dienone is 1. The molecule has 0 aliphatic carbocycles. The van der Waals surface area contributed by atoms with Crippen molar-refractivity contribution in [3.8, 4) is 17.2 Å². The first kappa shape index (κ1) is 20.1. The number of ether oxygens (including phenoxy) is 4. The molecule has 1 amide bonds. The summed E-state index contributed by atoms with van der Waals surface area (Å²) in [4.78, 5) is 26.8. The summed E-state index contributed by atoms with van der Waals surface area (Å²) in [6.07, 6.45) is 3.22. The van der Waals surface area contributed by atoms with Gasteiger partial charge in [0.1, 0.15) is 17.2 Å². The summed E-state index contributed by atoms with van der Waals surface area (Å²) in [5.41, 5.74) is 2.29. The number of carbonyl (C=O) groups excluding carboxylic acids is 2. The third-order valence-electron chi connectivity index (χ3n) is 5.63. The maximum atomic E-state index is 12.9. The van der Waals surface area contributed by atoms with Gasteiger partial charge in [-0.2, -0.15) is 0 Å². The van der Waals surface area contributed by atoms with Crippen LogP contribution in [0.1, 0.15) is 15.9 Å². The van der Waals surface area contributed by atoms with E-state index in [0.29, 0.717) is 43.4 Å². The molecule has 2 aliphatic rings. The summed E-state index contributed by atoms with van der Waals surface area (Å²) >= 11 is 0. The number of aryl methyl sites for hydroxylation is 1. The van der Waals surface area contributed by atoms with Crippen LogP contribution >= 0.6 is 0 Å². The molecule has 2 aliphatic heterocycles. The summed E-state index contributed by atoms with van der Waals surface area (Å²) in [5.74, 6) is 1.42. The summed E-state index contributed by atoms with van der Waals surface area (Å²) in [7, 11) is 3.56. The average Bonchev–Trinajstić information content (AvgIpc) is 3.29. The highest BCUT2D eigenvalue weighted by molar-refractivity contribution is 6.15. The van der Waals surface area contributed by atoms with E-state index in [9.17, 15) is 9.59 Å². The lowest BCUT2D eigenvalue weighted by Gasteiger charge is -2.25. The Hall–Kier alpha value is -3.78. The average molecular weight is 434 g/mol. The van der Waals surface area contributed by atoms with Gasteiger partial charge < -0.3 is 28.4 Å². The van der Waals surface area contributed by atoms with Crippen LogP contribution in [0.4, 0.5) is 4.79 Å². The van der Waals surface area contributed by atoms with Gasteiger partial charge in [-0.3, -0.25) is 4.79 Å². The monoisotopic (exact) mass is 434 g/mol. The Bertz CT molecular complexity index is 1250. The predicted octanol–water partition coefficient (Wildman–Crippen LogP) is 3.63. The van der Waals surface area contributed by atoms with Gasteiger partial charge in [0.15, 0.2) is 5.76 Å². The highest BCUT2D eigenvalue weighted by Gasteiger charge is 2.29. The zero-order valence-electron chi connectivity index (χ0n) is 17.8. The van der Waals surface area contributed by atoms with Gasteiger partial charge in [-0.05, 0) is 36.4 Å². The maximum absolute atomic E-state index is 12.9. The molecule has 0 atom stereocenters. The molecule has 0 bridgehead atoms. The van der Waals surface area contributed by atoms with Crippen molar-refractivity contribution in [3.05, 3.63) is 59.5 Å². The predicted molar refractivity (Wildman–Crippen MR) is 117 cm³/mol. The molecule has 8 nitrogen and oxygen atoms in total. The van der Waals surface area contributed by atoms with Crippen molar-refractivity contribution >= 4 is 28.9 Å².